The van der Waals surface area contributed by atoms with E-state index in [2.05, 4.69) is 45.1 Å². The zero-order valence-corrected chi connectivity index (χ0v) is 50.8. The van der Waals surface area contributed by atoms with Crippen LogP contribution in [0.5, 0.6) is 0 Å². The molecule has 0 fully saturated rings. The van der Waals surface area contributed by atoms with Crippen molar-refractivity contribution in [2.75, 3.05) is 13.2 Å². The quantitative estimate of drug-likeness (QED) is 0.0261. The first-order valence-corrected chi connectivity index (χ1v) is 33.8. The molecule has 0 aliphatic rings. The highest BCUT2D eigenvalue weighted by molar-refractivity contribution is 5.71. The summed E-state index contributed by atoms with van der Waals surface area (Å²) < 4.78 is 16.9. The third kappa shape index (κ3) is 62.6. The molecule has 0 spiro atoms. The summed E-state index contributed by atoms with van der Waals surface area (Å²) in [4.78, 5) is 38.3. The van der Waals surface area contributed by atoms with Crippen LogP contribution in [0.3, 0.4) is 0 Å². The molecule has 0 aromatic heterocycles. The molecule has 0 N–H and O–H groups in total. The Morgan fingerprint density at radius 3 is 0.707 bits per heavy atom. The van der Waals surface area contributed by atoms with E-state index >= 15 is 0 Å². The minimum absolute atomic E-state index is 0.0686. The zero-order valence-electron chi connectivity index (χ0n) is 50.8. The smallest absolute Gasteiger partial charge is 0.306 e. The minimum atomic E-state index is -0.771. The molecule has 0 rings (SSSR count). The number of hydrogen-bond acceptors (Lipinski definition) is 6. The molecule has 75 heavy (non-hydrogen) atoms. The minimum Gasteiger partial charge on any atom is -0.462 e. The van der Waals surface area contributed by atoms with E-state index < -0.39 is 6.10 Å². The van der Waals surface area contributed by atoms with Crippen LogP contribution in [0.1, 0.15) is 380 Å². The molecule has 6 heteroatoms. The maximum atomic E-state index is 12.9. The summed E-state index contributed by atoms with van der Waals surface area (Å²) >= 11 is 0. The second-order valence-corrected chi connectivity index (χ2v) is 23.1. The molecule has 0 aliphatic heterocycles. The van der Waals surface area contributed by atoms with Crippen molar-refractivity contribution in [2.24, 2.45) is 0 Å². The Labute approximate surface area is 468 Å². The third-order valence-electron chi connectivity index (χ3n) is 15.4. The van der Waals surface area contributed by atoms with E-state index in [-0.39, 0.29) is 31.1 Å². The fraction of sp³-hybridized carbons (Fsp3) is 0.899. The fourth-order valence-electron chi connectivity index (χ4n) is 10.3. The summed E-state index contributed by atoms with van der Waals surface area (Å²) in [7, 11) is 0. The molecule has 0 heterocycles. The molecule has 0 amide bonds. The van der Waals surface area contributed by atoms with Crippen molar-refractivity contribution in [3.05, 3.63) is 24.3 Å². The van der Waals surface area contributed by atoms with Crippen LogP contribution in [0, 0.1) is 0 Å². The summed E-state index contributed by atoms with van der Waals surface area (Å²) in [6, 6.07) is 0. The topological polar surface area (TPSA) is 78.9 Å². The third-order valence-corrected chi connectivity index (χ3v) is 15.4. The van der Waals surface area contributed by atoms with E-state index in [9.17, 15) is 14.4 Å². The number of allylic oxidation sites excluding steroid dienone is 4. The maximum Gasteiger partial charge on any atom is 0.306 e. The molecule has 1 unspecified atom stereocenters. The van der Waals surface area contributed by atoms with Gasteiger partial charge < -0.3 is 14.2 Å². The van der Waals surface area contributed by atoms with E-state index in [4.69, 9.17) is 14.2 Å². The molecule has 6 nitrogen and oxygen atoms in total. The summed E-state index contributed by atoms with van der Waals surface area (Å²) in [5.41, 5.74) is 0. The first-order valence-electron chi connectivity index (χ1n) is 33.8. The molecule has 0 saturated heterocycles. The van der Waals surface area contributed by atoms with Crippen LogP contribution in [-0.2, 0) is 28.6 Å². The van der Waals surface area contributed by atoms with Crippen molar-refractivity contribution in [3.8, 4) is 0 Å². The zero-order chi connectivity index (χ0) is 54.3. The summed E-state index contributed by atoms with van der Waals surface area (Å²) in [5, 5.41) is 0. The van der Waals surface area contributed by atoms with Gasteiger partial charge >= 0.3 is 17.9 Å². The van der Waals surface area contributed by atoms with Crippen molar-refractivity contribution in [1.29, 1.82) is 0 Å². The van der Waals surface area contributed by atoms with Gasteiger partial charge in [-0.2, -0.15) is 0 Å². The predicted octanol–water partition coefficient (Wildman–Crippen LogP) is 23.0. The first-order chi connectivity index (χ1) is 37.0. The highest BCUT2D eigenvalue weighted by atomic mass is 16.6. The standard InChI is InChI=1S/C69H130O6/c1-4-7-10-13-16-19-22-24-26-28-30-32-33-34-35-37-38-40-42-44-47-50-53-56-59-62-68(71)74-65-66(64-73-67(70)61-58-55-52-49-46-21-18-15-12-9-6-3)75-69(72)63-60-57-54-51-48-45-43-41-39-36-31-29-27-25-23-20-17-14-11-8-5-2/h15,18,28,30,66H,4-14,16-17,19-27,29,31-65H2,1-3H3/b18-15-,30-28-. The lowest BCUT2D eigenvalue weighted by molar-refractivity contribution is -0.167. The molecule has 0 aliphatic carbocycles. The molecule has 0 aromatic rings. The Morgan fingerprint density at radius 1 is 0.253 bits per heavy atom. The van der Waals surface area contributed by atoms with Crippen LogP contribution in [0.25, 0.3) is 0 Å². The van der Waals surface area contributed by atoms with Crippen molar-refractivity contribution in [3.63, 3.8) is 0 Å². The molecular formula is C69H130O6. The second kappa shape index (κ2) is 64.4. The molecule has 0 bridgehead atoms. The number of unbranched alkanes of at least 4 members (excludes halogenated alkanes) is 48. The highest BCUT2D eigenvalue weighted by Gasteiger charge is 2.19. The van der Waals surface area contributed by atoms with Gasteiger partial charge in [-0.25, -0.2) is 0 Å². The van der Waals surface area contributed by atoms with E-state index in [0.717, 1.165) is 64.2 Å². The Morgan fingerprint density at radius 2 is 0.453 bits per heavy atom. The molecular weight excluding hydrogens is 925 g/mol. The van der Waals surface area contributed by atoms with Gasteiger partial charge in [0.1, 0.15) is 13.2 Å². The fourth-order valence-corrected chi connectivity index (χ4v) is 10.3. The van der Waals surface area contributed by atoms with Crippen molar-refractivity contribution < 1.29 is 28.6 Å². The van der Waals surface area contributed by atoms with Gasteiger partial charge in [0, 0.05) is 19.3 Å². The molecule has 0 radical (unpaired) electrons. The van der Waals surface area contributed by atoms with Crippen molar-refractivity contribution in [2.45, 2.75) is 386 Å². The van der Waals surface area contributed by atoms with Crippen LogP contribution in [0.15, 0.2) is 24.3 Å². The SMILES string of the molecule is CCCC/C=C\CCCCCCCC(=O)OCC(COC(=O)CCCCCCCCCCCCCCC/C=C\CCCCCCCCCC)OC(=O)CCCCCCCCCCCCCCCCCCCCCCC. The Balaban J connectivity index is 4.18. The van der Waals surface area contributed by atoms with Gasteiger partial charge in [-0.1, -0.05) is 321 Å². The monoisotopic (exact) mass is 1050 g/mol. The lowest BCUT2D eigenvalue weighted by Gasteiger charge is -2.18. The number of ether oxygens (including phenoxy) is 3. The van der Waals surface area contributed by atoms with Crippen LogP contribution in [-0.4, -0.2) is 37.2 Å². The van der Waals surface area contributed by atoms with Gasteiger partial charge in [0.25, 0.3) is 0 Å². The average molecular weight is 1060 g/mol. The van der Waals surface area contributed by atoms with Crippen LogP contribution < -0.4 is 0 Å². The van der Waals surface area contributed by atoms with Crippen LogP contribution >= 0.6 is 0 Å². The van der Waals surface area contributed by atoms with E-state index in [0.29, 0.717) is 19.3 Å². The van der Waals surface area contributed by atoms with E-state index in [1.807, 2.05) is 0 Å². The van der Waals surface area contributed by atoms with Crippen LogP contribution in [0.2, 0.25) is 0 Å². The van der Waals surface area contributed by atoms with Crippen molar-refractivity contribution >= 4 is 17.9 Å². The molecule has 0 saturated carbocycles. The second-order valence-electron chi connectivity index (χ2n) is 23.1. The Kier molecular flexibility index (Phi) is 62.6. The number of carbonyl (C=O) groups excluding carboxylic acids is 3. The van der Waals surface area contributed by atoms with Gasteiger partial charge in [-0.3, -0.25) is 14.4 Å². The van der Waals surface area contributed by atoms with E-state index in [1.165, 1.54) is 276 Å². The lowest BCUT2D eigenvalue weighted by atomic mass is 10.0. The lowest BCUT2D eigenvalue weighted by Crippen LogP contribution is -2.30. The maximum absolute atomic E-state index is 12.9. The van der Waals surface area contributed by atoms with Gasteiger partial charge in [0.2, 0.25) is 0 Å². The molecule has 1 atom stereocenters. The van der Waals surface area contributed by atoms with Crippen LogP contribution in [0.4, 0.5) is 0 Å². The average Bonchev–Trinajstić information content (AvgIpc) is 3.41. The number of hydrogen-bond donors (Lipinski definition) is 0. The largest absolute Gasteiger partial charge is 0.462 e. The summed E-state index contributed by atoms with van der Waals surface area (Å²) in [6.07, 6.45) is 77.8. The first kappa shape index (κ1) is 72.9. The summed E-state index contributed by atoms with van der Waals surface area (Å²) in [6.45, 7) is 6.67. The molecule has 0 aromatic carbocycles. The number of rotatable bonds is 63. The highest BCUT2D eigenvalue weighted by Crippen LogP contribution is 2.18. The van der Waals surface area contributed by atoms with E-state index in [1.54, 1.807) is 0 Å². The Bertz CT molecular complexity index is 1210. The van der Waals surface area contributed by atoms with Gasteiger partial charge in [0.15, 0.2) is 6.10 Å². The number of carbonyl (C=O) groups is 3. The van der Waals surface area contributed by atoms with Gasteiger partial charge in [0.05, 0.1) is 0 Å². The Hall–Kier alpha value is -2.11. The predicted molar refractivity (Wildman–Crippen MR) is 326 cm³/mol. The van der Waals surface area contributed by atoms with Gasteiger partial charge in [-0.05, 0) is 64.2 Å². The molecule has 442 valence electrons. The normalized spacial score (nSPS) is 12.1. The van der Waals surface area contributed by atoms with Crippen molar-refractivity contribution in [1.82, 2.24) is 0 Å². The van der Waals surface area contributed by atoms with Gasteiger partial charge in [-0.15, -0.1) is 0 Å². The number of esters is 3. The summed E-state index contributed by atoms with van der Waals surface area (Å²) in [5.74, 6) is -0.851.